The molecule has 0 saturated carbocycles. The minimum Gasteiger partial charge on any atom is -0.409 e. The smallest absolute Gasteiger partial charge is 0.254 e. The van der Waals surface area contributed by atoms with Crippen LogP contribution in [0, 0.1) is 5.82 Å². The van der Waals surface area contributed by atoms with Gasteiger partial charge in [-0.3, -0.25) is 4.79 Å². The van der Waals surface area contributed by atoms with E-state index in [2.05, 4.69) is 21.1 Å². The van der Waals surface area contributed by atoms with Crippen molar-refractivity contribution in [3.05, 3.63) is 34.1 Å². The lowest BCUT2D eigenvalue weighted by molar-refractivity contribution is 0.0733. The van der Waals surface area contributed by atoms with Crippen LogP contribution in [-0.2, 0) is 0 Å². The Labute approximate surface area is 119 Å². The van der Waals surface area contributed by atoms with Crippen molar-refractivity contribution in [2.24, 2.45) is 10.9 Å². The molecule has 104 valence electrons. The molecule has 3 N–H and O–H groups in total. The topological polar surface area (TPSA) is 78.9 Å². The number of nitrogens with two attached hydrogens (primary N) is 1. The van der Waals surface area contributed by atoms with Crippen molar-refractivity contribution in [3.8, 4) is 0 Å². The van der Waals surface area contributed by atoms with Gasteiger partial charge in [-0.25, -0.2) is 4.39 Å². The van der Waals surface area contributed by atoms with E-state index >= 15 is 0 Å². The molecule has 0 aliphatic heterocycles. The largest absolute Gasteiger partial charge is 0.409 e. The average molecular weight is 332 g/mol. The van der Waals surface area contributed by atoms with Crippen LogP contribution in [0.25, 0.3) is 0 Å². The van der Waals surface area contributed by atoms with Crippen LogP contribution in [0.4, 0.5) is 4.39 Å². The number of benzene rings is 1. The number of carbonyl (C=O) groups is 1. The number of oxime groups is 1. The van der Waals surface area contributed by atoms with Gasteiger partial charge >= 0.3 is 0 Å². The lowest BCUT2D eigenvalue weighted by Gasteiger charge is -2.26. The van der Waals surface area contributed by atoms with Crippen LogP contribution in [-0.4, -0.2) is 34.4 Å². The first-order valence-electron chi connectivity index (χ1n) is 5.58. The molecule has 1 aromatic carbocycles. The fraction of sp³-hybridized carbons (Fsp3) is 0.333. The third-order valence-electron chi connectivity index (χ3n) is 2.45. The van der Waals surface area contributed by atoms with Crippen LogP contribution in [0.3, 0.4) is 0 Å². The van der Waals surface area contributed by atoms with Gasteiger partial charge < -0.3 is 15.8 Å². The zero-order chi connectivity index (χ0) is 14.6. The number of amides is 1. The van der Waals surface area contributed by atoms with E-state index in [4.69, 9.17) is 10.9 Å². The summed E-state index contributed by atoms with van der Waals surface area (Å²) >= 11 is 3.13. The van der Waals surface area contributed by atoms with Crippen LogP contribution in [0.15, 0.2) is 27.8 Å². The van der Waals surface area contributed by atoms with E-state index in [9.17, 15) is 9.18 Å². The summed E-state index contributed by atoms with van der Waals surface area (Å²) in [6.45, 7) is 3.55. The fourth-order valence-corrected chi connectivity index (χ4v) is 2.00. The Hall–Kier alpha value is -1.63. The third kappa shape index (κ3) is 4.20. The standard InChI is InChI=1S/C12H15BrFN3O2/c1-7(2)17(6-11(15)16-19)12(18)8-3-9(13)5-10(14)4-8/h3-5,7,19H,6H2,1-2H3,(H2,15,16). The molecule has 0 unspecified atom stereocenters. The van der Waals surface area contributed by atoms with Gasteiger partial charge in [0.2, 0.25) is 0 Å². The van der Waals surface area contributed by atoms with Gasteiger partial charge in [-0.1, -0.05) is 21.1 Å². The normalized spacial score (nSPS) is 11.7. The summed E-state index contributed by atoms with van der Waals surface area (Å²) in [5.74, 6) is -0.982. The number of nitrogens with zero attached hydrogens (tertiary/aromatic N) is 2. The highest BCUT2D eigenvalue weighted by Crippen LogP contribution is 2.17. The fourth-order valence-electron chi connectivity index (χ4n) is 1.54. The first kappa shape index (κ1) is 15.4. The van der Waals surface area contributed by atoms with Crippen LogP contribution in [0.2, 0.25) is 0 Å². The molecule has 0 saturated heterocycles. The van der Waals surface area contributed by atoms with Gasteiger partial charge in [0.25, 0.3) is 5.91 Å². The monoisotopic (exact) mass is 331 g/mol. The number of halogens is 2. The van der Waals surface area contributed by atoms with E-state index in [0.717, 1.165) is 6.07 Å². The Morgan fingerprint density at radius 3 is 2.63 bits per heavy atom. The molecular weight excluding hydrogens is 317 g/mol. The number of hydrogen-bond acceptors (Lipinski definition) is 3. The predicted molar refractivity (Wildman–Crippen MR) is 73.7 cm³/mol. The minimum absolute atomic E-state index is 0.0267. The molecular formula is C12H15BrFN3O2. The Kier molecular flexibility index (Phi) is 5.29. The van der Waals surface area contributed by atoms with E-state index in [1.165, 1.54) is 17.0 Å². The van der Waals surface area contributed by atoms with Crippen LogP contribution < -0.4 is 5.73 Å². The van der Waals surface area contributed by atoms with Crippen LogP contribution in [0.5, 0.6) is 0 Å². The maximum absolute atomic E-state index is 13.3. The number of amidine groups is 1. The van der Waals surface area contributed by atoms with E-state index < -0.39 is 5.82 Å². The Morgan fingerprint density at radius 1 is 1.53 bits per heavy atom. The molecule has 1 rings (SSSR count). The van der Waals surface area contributed by atoms with Gasteiger partial charge in [0.1, 0.15) is 5.82 Å². The van der Waals surface area contributed by atoms with Crippen molar-refractivity contribution in [1.82, 2.24) is 4.90 Å². The minimum atomic E-state index is -0.509. The molecule has 0 atom stereocenters. The van der Waals surface area contributed by atoms with Crippen molar-refractivity contribution in [2.75, 3.05) is 6.54 Å². The molecule has 0 heterocycles. The van der Waals surface area contributed by atoms with Crippen molar-refractivity contribution >= 4 is 27.7 Å². The first-order valence-corrected chi connectivity index (χ1v) is 6.38. The summed E-state index contributed by atoms with van der Waals surface area (Å²) in [6.07, 6.45) is 0. The van der Waals surface area contributed by atoms with Crippen LogP contribution in [0.1, 0.15) is 24.2 Å². The molecule has 0 fully saturated rings. The highest BCUT2D eigenvalue weighted by atomic mass is 79.9. The van der Waals surface area contributed by atoms with Gasteiger partial charge in [0, 0.05) is 16.1 Å². The molecule has 0 aliphatic rings. The summed E-state index contributed by atoms with van der Waals surface area (Å²) in [5, 5.41) is 11.4. The van der Waals surface area contributed by atoms with Gasteiger partial charge in [-0.05, 0) is 32.0 Å². The van der Waals surface area contributed by atoms with Gasteiger partial charge in [-0.2, -0.15) is 0 Å². The maximum atomic E-state index is 13.3. The van der Waals surface area contributed by atoms with Gasteiger partial charge in [0.05, 0.1) is 6.54 Å². The molecule has 0 aliphatic carbocycles. The first-order chi connectivity index (χ1) is 8.85. The third-order valence-corrected chi connectivity index (χ3v) is 2.91. The van der Waals surface area contributed by atoms with E-state index in [1.54, 1.807) is 13.8 Å². The molecule has 0 radical (unpaired) electrons. The van der Waals surface area contributed by atoms with E-state index in [1.807, 2.05) is 0 Å². The highest BCUT2D eigenvalue weighted by Gasteiger charge is 2.20. The second-order valence-corrected chi connectivity index (χ2v) is 5.19. The highest BCUT2D eigenvalue weighted by molar-refractivity contribution is 9.10. The molecule has 19 heavy (non-hydrogen) atoms. The van der Waals surface area contributed by atoms with Crippen LogP contribution >= 0.6 is 15.9 Å². The van der Waals surface area contributed by atoms with E-state index in [-0.39, 0.29) is 29.9 Å². The molecule has 0 bridgehead atoms. The van der Waals surface area contributed by atoms with E-state index in [0.29, 0.717) is 4.47 Å². The second kappa shape index (κ2) is 6.51. The molecule has 5 nitrogen and oxygen atoms in total. The summed E-state index contributed by atoms with van der Waals surface area (Å²) in [5.41, 5.74) is 5.61. The summed E-state index contributed by atoms with van der Waals surface area (Å²) in [6, 6.07) is 3.76. The lowest BCUT2D eigenvalue weighted by Crippen LogP contribution is -2.42. The zero-order valence-electron chi connectivity index (χ0n) is 10.6. The summed E-state index contributed by atoms with van der Waals surface area (Å²) in [4.78, 5) is 13.7. The summed E-state index contributed by atoms with van der Waals surface area (Å²) < 4.78 is 13.8. The van der Waals surface area contributed by atoms with Crippen molar-refractivity contribution in [2.45, 2.75) is 19.9 Å². The Morgan fingerprint density at radius 2 is 2.16 bits per heavy atom. The lowest BCUT2D eigenvalue weighted by atomic mass is 10.1. The molecule has 7 heteroatoms. The average Bonchev–Trinajstić information content (AvgIpc) is 2.33. The molecule has 1 aromatic rings. The number of hydrogen-bond donors (Lipinski definition) is 2. The van der Waals surface area contributed by atoms with Crippen molar-refractivity contribution in [1.29, 1.82) is 0 Å². The van der Waals surface area contributed by atoms with Crippen molar-refractivity contribution < 1.29 is 14.4 Å². The zero-order valence-corrected chi connectivity index (χ0v) is 12.2. The Balaban J connectivity index is 3.05. The second-order valence-electron chi connectivity index (χ2n) is 4.28. The molecule has 0 aromatic heterocycles. The van der Waals surface area contributed by atoms with Gasteiger partial charge in [0.15, 0.2) is 5.84 Å². The Bertz CT molecular complexity index is 485. The predicted octanol–water partition coefficient (Wildman–Crippen LogP) is 2.19. The van der Waals surface area contributed by atoms with Crippen molar-refractivity contribution in [3.63, 3.8) is 0 Å². The molecule has 0 spiro atoms. The molecule has 1 amide bonds. The summed E-state index contributed by atoms with van der Waals surface area (Å²) in [7, 11) is 0. The SMILES string of the molecule is CC(C)N(CC(N)=NO)C(=O)c1cc(F)cc(Br)c1. The number of rotatable bonds is 4. The van der Waals surface area contributed by atoms with Gasteiger partial charge in [-0.15, -0.1) is 0 Å². The maximum Gasteiger partial charge on any atom is 0.254 e. The quantitative estimate of drug-likeness (QED) is 0.384. The number of carbonyl (C=O) groups excluding carboxylic acids is 1.